The lowest BCUT2D eigenvalue weighted by Gasteiger charge is -2.27. The molecule has 1 fully saturated rings. The monoisotopic (exact) mass is 194 g/mol. The molecule has 1 atom stereocenters. The summed E-state index contributed by atoms with van der Waals surface area (Å²) in [7, 11) is 0. The molecule has 0 saturated carbocycles. The van der Waals surface area contributed by atoms with E-state index in [0.717, 1.165) is 5.56 Å². The van der Waals surface area contributed by atoms with Crippen molar-refractivity contribution in [1.82, 2.24) is 4.98 Å². The van der Waals surface area contributed by atoms with Gasteiger partial charge >= 0.3 is 0 Å². The van der Waals surface area contributed by atoms with Crippen LogP contribution in [0.1, 0.15) is 11.6 Å². The Labute approximate surface area is 83.0 Å². The smallest absolute Gasteiger partial charge is 0.146 e. The van der Waals surface area contributed by atoms with Gasteiger partial charge in [-0.15, -0.1) is 0 Å². The van der Waals surface area contributed by atoms with Gasteiger partial charge in [-0.1, -0.05) is 6.07 Å². The maximum Gasteiger partial charge on any atom is 0.146 e. The second-order valence-electron chi connectivity index (χ2n) is 3.43. The zero-order valence-corrected chi connectivity index (χ0v) is 7.93. The van der Waals surface area contributed by atoms with E-state index in [0.29, 0.717) is 20.0 Å². The van der Waals surface area contributed by atoms with Gasteiger partial charge in [-0.05, 0) is 11.6 Å². The second-order valence-corrected chi connectivity index (χ2v) is 3.43. The van der Waals surface area contributed by atoms with Gasteiger partial charge in [0.15, 0.2) is 0 Å². The Morgan fingerprint density at radius 1 is 1.43 bits per heavy atom. The van der Waals surface area contributed by atoms with Gasteiger partial charge in [0.25, 0.3) is 0 Å². The third kappa shape index (κ3) is 2.09. The molecule has 0 amide bonds. The minimum Gasteiger partial charge on any atom is -0.355 e. The predicted molar refractivity (Wildman–Crippen MR) is 51.4 cm³/mol. The van der Waals surface area contributed by atoms with Crippen molar-refractivity contribution in [1.29, 1.82) is 0 Å². The number of hydrogen-bond acceptors (Lipinski definition) is 4. The van der Waals surface area contributed by atoms with Gasteiger partial charge in [-0.25, -0.2) is 0 Å². The maximum absolute atomic E-state index is 6.07. The van der Waals surface area contributed by atoms with Crippen molar-refractivity contribution in [3.8, 4) is 0 Å². The summed E-state index contributed by atoms with van der Waals surface area (Å²) in [4.78, 5) is 4.04. The molecule has 0 spiro atoms. The Bertz CT molecular complexity index is 273. The van der Waals surface area contributed by atoms with Crippen LogP contribution in [-0.4, -0.2) is 25.0 Å². The summed E-state index contributed by atoms with van der Waals surface area (Å²) < 4.78 is 10.4. The number of rotatable bonds is 2. The van der Waals surface area contributed by atoms with Crippen molar-refractivity contribution >= 4 is 0 Å². The zero-order valence-electron chi connectivity index (χ0n) is 7.93. The van der Waals surface area contributed by atoms with Crippen molar-refractivity contribution in [3.63, 3.8) is 0 Å². The molecule has 4 nitrogen and oxygen atoms in total. The molecule has 1 saturated heterocycles. The molecule has 1 aromatic heterocycles. The molecule has 1 aliphatic heterocycles. The summed E-state index contributed by atoms with van der Waals surface area (Å²) in [5.41, 5.74) is 7.10. The van der Waals surface area contributed by atoms with Gasteiger partial charge in [0.05, 0.1) is 13.2 Å². The molecular weight excluding hydrogens is 180 g/mol. The van der Waals surface area contributed by atoms with Crippen LogP contribution in [0.4, 0.5) is 0 Å². The van der Waals surface area contributed by atoms with Crippen LogP contribution in [0.3, 0.4) is 0 Å². The van der Waals surface area contributed by atoms with Crippen LogP contribution in [0.5, 0.6) is 0 Å². The number of ether oxygens (including phenoxy) is 2. The number of aromatic nitrogens is 1. The fourth-order valence-electron chi connectivity index (χ4n) is 1.56. The second kappa shape index (κ2) is 4.50. The third-order valence-corrected chi connectivity index (χ3v) is 2.41. The van der Waals surface area contributed by atoms with Crippen LogP contribution < -0.4 is 5.73 Å². The number of pyridine rings is 1. The van der Waals surface area contributed by atoms with Crippen molar-refractivity contribution < 1.29 is 9.47 Å². The molecule has 2 rings (SSSR count). The van der Waals surface area contributed by atoms with Crippen molar-refractivity contribution in [2.45, 2.75) is 6.04 Å². The third-order valence-electron chi connectivity index (χ3n) is 2.41. The Morgan fingerprint density at radius 2 is 2.21 bits per heavy atom. The topological polar surface area (TPSA) is 57.4 Å². The average molecular weight is 194 g/mol. The summed E-state index contributed by atoms with van der Waals surface area (Å²) >= 11 is 0. The van der Waals surface area contributed by atoms with Crippen LogP contribution >= 0.6 is 0 Å². The van der Waals surface area contributed by atoms with Crippen molar-refractivity contribution in [2.75, 3.05) is 20.0 Å². The first-order valence-electron chi connectivity index (χ1n) is 4.69. The molecule has 0 aliphatic carbocycles. The van der Waals surface area contributed by atoms with Gasteiger partial charge < -0.3 is 15.2 Å². The van der Waals surface area contributed by atoms with E-state index >= 15 is 0 Å². The van der Waals surface area contributed by atoms with Crippen molar-refractivity contribution in [3.05, 3.63) is 30.1 Å². The van der Waals surface area contributed by atoms with Gasteiger partial charge in [0, 0.05) is 24.4 Å². The van der Waals surface area contributed by atoms with Gasteiger partial charge in [-0.2, -0.15) is 0 Å². The largest absolute Gasteiger partial charge is 0.355 e. The maximum atomic E-state index is 6.07. The number of nitrogens with two attached hydrogens (primary N) is 1. The van der Waals surface area contributed by atoms with Crippen LogP contribution in [0.2, 0.25) is 0 Å². The minimum atomic E-state index is -0.0519. The van der Waals surface area contributed by atoms with E-state index in [1.54, 1.807) is 12.4 Å². The highest BCUT2D eigenvalue weighted by Gasteiger charge is 2.22. The first-order chi connectivity index (χ1) is 6.88. The zero-order chi connectivity index (χ0) is 9.80. The number of hydrogen-bond donors (Lipinski definition) is 1. The quantitative estimate of drug-likeness (QED) is 0.753. The van der Waals surface area contributed by atoms with E-state index < -0.39 is 0 Å². The molecule has 1 aromatic rings. The molecule has 76 valence electrons. The van der Waals surface area contributed by atoms with Crippen LogP contribution in [0, 0.1) is 5.92 Å². The Balaban J connectivity index is 2.03. The fourth-order valence-corrected chi connectivity index (χ4v) is 1.56. The minimum absolute atomic E-state index is 0.0519. The fraction of sp³-hybridized carbons (Fsp3) is 0.500. The van der Waals surface area contributed by atoms with E-state index in [-0.39, 0.29) is 12.0 Å². The van der Waals surface area contributed by atoms with E-state index in [4.69, 9.17) is 15.2 Å². The molecule has 2 heterocycles. The molecule has 0 radical (unpaired) electrons. The highest BCUT2D eigenvalue weighted by Crippen LogP contribution is 2.21. The molecule has 1 aliphatic rings. The standard InChI is InChI=1S/C10H14N2O2/c11-10(8-2-1-3-12-4-8)9-5-13-7-14-6-9/h1-4,9-10H,5-7,11H2. The lowest BCUT2D eigenvalue weighted by atomic mass is 9.96. The summed E-state index contributed by atoms with van der Waals surface area (Å²) in [6.45, 7) is 1.71. The molecule has 1 unspecified atom stereocenters. The Kier molecular flexibility index (Phi) is 3.08. The predicted octanol–water partition coefficient (Wildman–Crippen LogP) is 0.702. The normalized spacial score (nSPS) is 20.6. The average Bonchev–Trinajstić information content (AvgIpc) is 2.30. The first-order valence-corrected chi connectivity index (χ1v) is 4.69. The van der Waals surface area contributed by atoms with E-state index in [1.807, 2.05) is 12.1 Å². The highest BCUT2D eigenvalue weighted by atomic mass is 16.7. The summed E-state index contributed by atoms with van der Waals surface area (Å²) in [5.74, 6) is 0.230. The van der Waals surface area contributed by atoms with Crippen molar-refractivity contribution in [2.24, 2.45) is 11.7 Å². The van der Waals surface area contributed by atoms with Gasteiger partial charge in [0.2, 0.25) is 0 Å². The molecule has 0 bridgehead atoms. The van der Waals surface area contributed by atoms with Crippen LogP contribution in [0.15, 0.2) is 24.5 Å². The highest BCUT2D eigenvalue weighted by molar-refractivity contribution is 5.14. The van der Waals surface area contributed by atoms with Gasteiger partial charge in [-0.3, -0.25) is 4.98 Å². The summed E-state index contributed by atoms with van der Waals surface area (Å²) in [6.07, 6.45) is 3.53. The lowest BCUT2D eigenvalue weighted by molar-refractivity contribution is -0.130. The molecule has 4 heteroatoms. The Morgan fingerprint density at radius 3 is 2.86 bits per heavy atom. The van der Waals surface area contributed by atoms with Gasteiger partial charge in [0.1, 0.15) is 6.79 Å². The van der Waals surface area contributed by atoms with E-state index in [2.05, 4.69) is 4.98 Å². The molecular formula is C10H14N2O2. The van der Waals surface area contributed by atoms with E-state index in [9.17, 15) is 0 Å². The molecule has 14 heavy (non-hydrogen) atoms. The number of nitrogens with zero attached hydrogens (tertiary/aromatic N) is 1. The van der Waals surface area contributed by atoms with E-state index in [1.165, 1.54) is 0 Å². The first kappa shape index (κ1) is 9.58. The summed E-state index contributed by atoms with van der Waals surface area (Å²) in [6, 6.07) is 3.82. The molecule has 0 aromatic carbocycles. The van der Waals surface area contributed by atoms with Crippen LogP contribution in [0.25, 0.3) is 0 Å². The Hall–Kier alpha value is -0.970. The lowest BCUT2D eigenvalue weighted by Crippen LogP contribution is -2.33. The molecule has 2 N–H and O–H groups in total. The SMILES string of the molecule is NC(c1cccnc1)C1COCOC1. The summed E-state index contributed by atoms with van der Waals surface area (Å²) in [5, 5.41) is 0. The van der Waals surface area contributed by atoms with Crippen LogP contribution in [-0.2, 0) is 9.47 Å².